The number of benzene rings is 2. The summed E-state index contributed by atoms with van der Waals surface area (Å²) in [6.07, 6.45) is 3.17. The molecule has 5 nitrogen and oxygen atoms in total. The summed E-state index contributed by atoms with van der Waals surface area (Å²) in [5, 5.41) is 8.81. The summed E-state index contributed by atoms with van der Waals surface area (Å²) >= 11 is 0. The predicted molar refractivity (Wildman–Crippen MR) is 108 cm³/mol. The molecule has 3 rings (SSSR count). The third-order valence-electron chi connectivity index (χ3n) is 5.02. The van der Waals surface area contributed by atoms with E-state index in [2.05, 4.69) is 22.0 Å². The van der Waals surface area contributed by atoms with Gasteiger partial charge in [0.2, 0.25) is 5.91 Å². The molecule has 0 aliphatic heterocycles. The molecule has 0 saturated heterocycles. The normalized spacial score (nSPS) is 15.2. The number of rotatable bonds is 5. The Hall–Kier alpha value is -2.82. The first kappa shape index (κ1) is 19.0. The Labute approximate surface area is 160 Å². The van der Waals surface area contributed by atoms with Gasteiger partial charge in [0.05, 0.1) is 0 Å². The van der Waals surface area contributed by atoms with Crippen LogP contribution in [0.15, 0.2) is 48.5 Å². The molecule has 0 spiro atoms. The summed E-state index contributed by atoms with van der Waals surface area (Å²) in [7, 11) is 0. The summed E-state index contributed by atoms with van der Waals surface area (Å²) in [6.45, 7) is 4.44. The van der Waals surface area contributed by atoms with E-state index in [0.29, 0.717) is 19.4 Å². The highest BCUT2D eigenvalue weighted by atomic mass is 16.2. The number of amides is 3. The molecular formula is C22H27N3O2. The van der Waals surface area contributed by atoms with Crippen molar-refractivity contribution in [2.75, 3.05) is 5.32 Å². The molecular weight excluding hydrogens is 338 g/mol. The van der Waals surface area contributed by atoms with Gasteiger partial charge in [-0.15, -0.1) is 0 Å². The average Bonchev–Trinajstić information content (AvgIpc) is 3.10. The first-order valence-corrected chi connectivity index (χ1v) is 9.47. The summed E-state index contributed by atoms with van der Waals surface area (Å²) in [5.41, 5.74) is 3.14. The molecule has 1 fully saturated rings. The Morgan fingerprint density at radius 1 is 0.963 bits per heavy atom. The van der Waals surface area contributed by atoms with Crippen LogP contribution in [0.1, 0.15) is 42.4 Å². The largest absolute Gasteiger partial charge is 0.334 e. The quantitative estimate of drug-likeness (QED) is 0.748. The van der Waals surface area contributed by atoms with Gasteiger partial charge in [-0.25, -0.2) is 4.79 Å². The molecule has 0 unspecified atom stereocenters. The van der Waals surface area contributed by atoms with Crippen molar-refractivity contribution in [2.24, 2.45) is 0 Å². The zero-order valence-electron chi connectivity index (χ0n) is 16.0. The molecule has 1 aliphatic rings. The maximum atomic E-state index is 13.0. The molecule has 5 heteroatoms. The van der Waals surface area contributed by atoms with Crippen molar-refractivity contribution >= 4 is 17.6 Å². The van der Waals surface area contributed by atoms with E-state index in [1.54, 1.807) is 0 Å². The van der Waals surface area contributed by atoms with Crippen LogP contribution in [0.2, 0.25) is 0 Å². The molecule has 0 bridgehead atoms. The molecule has 3 N–H and O–H groups in total. The standard InChI is InChI=1S/C22H27N3O2/c1-16-12-17(2)14-19(13-16)24-20(26)22(10-6-7-11-22)25-21(27)23-15-18-8-4-3-5-9-18/h3-5,8-9,12-14H,6-7,10-11,15H2,1-2H3,(H,24,26)(H2,23,25,27). The van der Waals surface area contributed by atoms with Gasteiger partial charge in [0.25, 0.3) is 0 Å². The van der Waals surface area contributed by atoms with E-state index in [9.17, 15) is 9.59 Å². The van der Waals surface area contributed by atoms with Crippen LogP contribution in [0.25, 0.3) is 0 Å². The van der Waals surface area contributed by atoms with Crippen LogP contribution in [0.3, 0.4) is 0 Å². The number of hydrogen-bond donors (Lipinski definition) is 3. The van der Waals surface area contributed by atoms with Gasteiger partial charge in [-0.2, -0.15) is 0 Å². The number of carbonyl (C=O) groups is 2. The summed E-state index contributed by atoms with van der Waals surface area (Å²) in [6, 6.07) is 15.4. The van der Waals surface area contributed by atoms with Crippen LogP contribution in [-0.2, 0) is 11.3 Å². The zero-order valence-corrected chi connectivity index (χ0v) is 16.0. The van der Waals surface area contributed by atoms with Crippen molar-refractivity contribution in [1.82, 2.24) is 10.6 Å². The van der Waals surface area contributed by atoms with Crippen molar-refractivity contribution < 1.29 is 9.59 Å². The molecule has 2 aromatic carbocycles. The van der Waals surface area contributed by atoms with Crippen molar-refractivity contribution in [3.05, 3.63) is 65.2 Å². The molecule has 1 aliphatic carbocycles. The van der Waals surface area contributed by atoms with Crippen LogP contribution in [-0.4, -0.2) is 17.5 Å². The van der Waals surface area contributed by atoms with Crippen LogP contribution in [0.4, 0.5) is 10.5 Å². The average molecular weight is 365 g/mol. The van der Waals surface area contributed by atoms with Gasteiger partial charge >= 0.3 is 6.03 Å². The third kappa shape index (κ3) is 4.88. The summed E-state index contributed by atoms with van der Waals surface area (Å²) < 4.78 is 0. The minimum Gasteiger partial charge on any atom is -0.334 e. The van der Waals surface area contributed by atoms with Crippen LogP contribution in [0, 0.1) is 13.8 Å². The maximum absolute atomic E-state index is 13.0. The highest BCUT2D eigenvalue weighted by Crippen LogP contribution is 2.31. The molecule has 3 amide bonds. The Bertz CT molecular complexity index is 791. The number of hydrogen-bond acceptors (Lipinski definition) is 2. The van der Waals surface area contributed by atoms with E-state index in [1.807, 2.05) is 56.3 Å². The second-order valence-corrected chi connectivity index (χ2v) is 7.41. The second-order valence-electron chi connectivity index (χ2n) is 7.41. The SMILES string of the molecule is Cc1cc(C)cc(NC(=O)C2(NC(=O)NCc3ccccc3)CCCC2)c1. The Balaban J connectivity index is 1.65. The van der Waals surface area contributed by atoms with Gasteiger partial charge in [-0.1, -0.05) is 49.2 Å². The van der Waals surface area contributed by atoms with Gasteiger partial charge in [0.15, 0.2) is 0 Å². The summed E-state index contributed by atoms with van der Waals surface area (Å²) in [5.74, 6) is -0.139. The maximum Gasteiger partial charge on any atom is 0.315 e. The van der Waals surface area contributed by atoms with Gasteiger partial charge in [-0.3, -0.25) is 4.79 Å². The van der Waals surface area contributed by atoms with Gasteiger partial charge in [0, 0.05) is 12.2 Å². The highest BCUT2D eigenvalue weighted by molar-refractivity contribution is 6.00. The molecule has 27 heavy (non-hydrogen) atoms. The van der Waals surface area contributed by atoms with Crippen molar-refractivity contribution in [3.63, 3.8) is 0 Å². The van der Waals surface area contributed by atoms with E-state index >= 15 is 0 Å². The van der Waals surface area contributed by atoms with E-state index < -0.39 is 5.54 Å². The van der Waals surface area contributed by atoms with Gasteiger partial charge in [-0.05, 0) is 55.5 Å². The first-order chi connectivity index (χ1) is 13.0. The highest BCUT2D eigenvalue weighted by Gasteiger charge is 2.42. The lowest BCUT2D eigenvalue weighted by molar-refractivity contribution is -0.121. The fourth-order valence-corrected chi connectivity index (χ4v) is 3.72. The molecule has 1 saturated carbocycles. The monoisotopic (exact) mass is 365 g/mol. The smallest absolute Gasteiger partial charge is 0.315 e. The summed E-state index contributed by atoms with van der Waals surface area (Å²) in [4.78, 5) is 25.5. The third-order valence-corrected chi connectivity index (χ3v) is 5.02. The predicted octanol–water partition coefficient (Wildman–Crippen LogP) is 4.05. The molecule has 0 aromatic heterocycles. The fraction of sp³-hybridized carbons (Fsp3) is 0.364. The minimum atomic E-state index is -0.849. The van der Waals surface area contributed by atoms with Gasteiger partial charge < -0.3 is 16.0 Å². The van der Waals surface area contributed by atoms with Crippen LogP contribution < -0.4 is 16.0 Å². The van der Waals surface area contributed by atoms with E-state index in [0.717, 1.165) is 35.2 Å². The van der Waals surface area contributed by atoms with E-state index in [-0.39, 0.29) is 11.9 Å². The number of urea groups is 1. The zero-order chi connectivity index (χ0) is 19.3. The number of anilines is 1. The molecule has 0 radical (unpaired) electrons. The van der Waals surface area contributed by atoms with Crippen molar-refractivity contribution in [2.45, 2.75) is 51.6 Å². The minimum absolute atomic E-state index is 0.139. The van der Waals surface area contributed by atoms with Crippen molar-refractivity contribution in [3.8, 4) is 0 Å². The fourth-order valence-electron chi connectivity index (χ4n) is 3.72. The number of nitrogens with one attached hydrogen (secondary N) is 3. The molecule has 0 atom stereocenters. The van der Waals surface area contributed by atoms with Crippen LogP contribution >= 0.6 is 0 Å². The molecule has 2 aromatic rings. The Morgan fingerprint density at radius 3 is 2.22 bits per heavy atom. The number of aryl methyl sites for hydroxylation is 2. The lowest BCUT2D eigenvalue weighted by atomic mass is 9.96. The Kier molecular flexibility index (Phi) is 5.79. The number of carbonyl (C=O) groups excluding carboxylic acids is 2. The lowest BCUT2D eigenvalue weighted by Gasteiger charge is -2.29. The van der Waals surface area contributed by atoms with Crippen LogP contribution in [0.5, 0.6) is 0 Å². The van der Waals surface area contributed by atoms with E-state index in [1.165, 1.54) is 0 Å². The second kappa shape index (κ2) is 8.25. The molecule has 0 heterocycles. The van der Waals surface area contributed by atoms with E-state index in [4.69, 9.17) is 0 Å². The van der Waals surface area contributed by atoms with Crippen molar-refractivity contribution in [1.29, 1.82) is 0 Å². The topological polar surface area (TPSA) is 70.2 Å². The molecule has 142 valence electrons. The first-order valence-electron chi connectivity index (χ1n) is 9.47. The lowest BCUT2D eigenvalue weighted by Crippen LogP contribution is -2.57. The van der Waals surface area contributed by atoms with Gasteiger partial charge in [0.1, 0.15) is 5.54 Å². The Morgan fingerprint density at radius 2 is 1.59 bits per heavy atom.